The predicted octanol–water partition coefficient (Wildman–Crippen LogP) is 7.11. The Hall–Kier alpha value is -2.77. The predicted molar refractivity (Wildman–Crippen MR) is 130 cm³/mol. The van der Waals surface area contributed by atoms with Crippen molar-refractivity contribution in [2.75, 3.05) is 12.4 Å². The van der Waals surface area contributed by atoms with Crippen molar-refractivity contribution in [1.29, 1.82) is 0 Å². The lowest BCUT2D eigenvalue weighted by Crippen LogP contribution is -2.09. The molecule has 1 aromatic carbocycles. The summed E-state index contributed by atoms with van der Waals surface area (Å²) in [5, 5.41) is 5.94. The Morgan fingerprint density at radius 2 is 1.80 bits per heavy atom. The van der Waals surface area contributed by atoms with Crippen LogP contribution in [0, 0.1) is 0 Å². The molecular weight excluding hydrogens is 412 g/mol. The molecule has 7 heteroatoms. The summed E-state index contributed by atoms with van der Waals surface area (Å²) in [6, 6.07) is 15.6. The summed E-state index contributed by atoms with van der Waals surface area (Å²) >= 11 is 3.09. The van der Waals surface area contributed by atoms with E-state index in [9.17, 15) is 0 Å². The molecule has 3 rings (SSSR count). The van der Waals surface area contributed by atoms with Gasteiger partial charge in [-0.2, -0.15) is 0 Å². The molecular formula is C23H26N4OS2. The average Bonchev–Trinajstić information content (AvgIpc) is 2.80. The zero-order valence-electron chi connectivity index (χ0n) is 17.6. The lowest BCUT2D eigenvalue weighted by molar-refractivity contribution is 0.481. The second-order valence-electron chi connectivity index (χ2n) is 5.46. The molecule has 156 valence electrons. The molecule has 0 aliphatic rings. The van der Waals surface area contributed by atoms with Gasteiger partial charge in [0, 0.05) is 41.5 Å². The molecule has 0 fully saturated rings. The van der Waals surface area contributed by atoms with E-state index in [2.05, 4.69) is 20.3 Å². The number of pyridine rings is 2. The van der Waals surface area contributed by atoms with Crippen LogP contribution >= 0.6 is 23.5 Å². The first-order valence-electron chi connectivity index (χ1n) is 9.61. The number of nitrogens with zero attached hydrogens (tertiary/aromatic N) is 3. The Balaban J connectivity index is 0.00000155. The third kappa shape index (κ3) is 7.57. The standard InChI is InChI=1S/C21H20N4OS2.C2H6/c1-3-13-27-21(22-2)25-20-19(26-16-7-5-4-6-8-16)14-18(15-24-20)28-17-9-11-23-12-10-17;1-2/h3-15H,1-2H3,(H,22,24,25);1-2H3/b13-3+;. The SMILES string of the molecule is C/C=C/SC(=NC)Nc1ncc(Sc2ccncc2)cc1Oc1ccccc1.CC. The van der Waals surface area contributed by atoms with Crippen LogP contribution in [-0.2, 0) is 0 Å². The molecule has 2 aromatic heterocycles. The number of ether oxygens (including phenoxy) is 1. The van der Waals surface area contributed by atoms with E-state index in [1.807, 2.05) is 87.0 Å². The summed E-state index contributed by atoms with van der Waals surface area (Å²) < 4.78 is 6.10. The fourth-order valence-electron chi connectivity index (χ4n) is 2.18. The number of rotatable bonds is 6. The van der Waals surface area contributed by atoms with E-state index in [4.69, 9.17) is 4.74 Å². The molecule has 0 radical (unpaired) electrons. The van der Waals surface area contributed by atoms with E-state index in [1.54, 1.807) is 31.2 Å². The van der Waals surface area contributed by atoms with E-state index < -0.39 is 0 Å². The van der Waals surface area contributed by atoms with Crippen LogP contribution in [0.2, 0.25) is 0 Å². The van der Waals surface area contributed by atoms with Gasteiger partial charge in [-0.15, -0.1) is 0 Å². The Morgan fingerprint density at radius 1 is 1.07 bits per heavy atom. The van der Waals surface area contributed by atoms with Crippen molar-refractivity contribution in [1.82, 2.24) is 9.97 Å². The van der Waals surface area contributed by atoms with Gasteiger partial charge in [-0.1, -0.05) is 61.6 Å². The zero-order valence-corrected chi connectivity index (χ0v) is 19.2. The molecule has 0 spiro atoms. The minimum absolute atomic E-state index is 0.612. The molecule has 5 nitrogen and oxygen atoms in total. The van der Waals surface area contributed by atoms with Crippen LogP contribution in [0.4, 0.5) is 5.82 Å². The molecule has 0 atom stereocenters. The Kier molecular flexibility index (Phi) is 10.5. The summed E-state index contributed by atoms with van der Waals surface area (Å²) in [5.41, 5.74) is 0. The summed E-state index contributed by atoms with van der Waals surface area (Å²) in [6.45, 7) is 5.97. The number of amidine groups is 1. The molecule has 30 heavy (non-hydrogen) atoms. The number of para-hydroxylation sites is 1. The monoisotopic (exact) mass is 438 g/mol. The van der Waals surface area contributed by atoms with Crippen molar-refractivity contribution in [3.63, 3.8) is 0 Å². The van der Waals surface area contributed by atoms with E-state index in [-0.39, 0.29) is 0 Å². The maximum atomic E-state index is 6.10. The van der Waals surface area contributed by atoms with Gasteiger partial charge in [0.1, 0.15) is 5.75 Å². The van der Waals surface area contributed by atoms with Crippen molar-refractivity contribution in [2.24, 2.45) is 4.99 Å². The third-order valence-corrected chi connectivity index (χ3v) is 5.31. The summed E-state index contributed by atoms with van der Waals surface area (Å²) in [4.78, 5) is 15.0. The van der Waals surface area contributed by atoms with Gasteiger partial charge >= 0.3 is 0 Å². The summed E-state index contributed by atoms with van der Waals surface area (Å²) in [5.74, 6) is 1.99. The van der Waals surface area contributed by atoms with Crippen LogP contribution < -0.4 is 10.1 Å². The van der Waals surface area contributed by atoms with Crippen LogP contribution in [0.1, 0.15) is 20.8 Å². The van der Waals surface area contributed by atoms with E-state index in [0.29, 0.717) is 11.6 Å². The third-order valence-electron chi connectivity index (χ3n) is 3.43. The van der Waals surface area contributed by atoms with Gasteiger partial charge in [-0.05, 0) is 36.6 Å². The molecule has 1 N–H and O–H groups in total. The molecule has 0 saturated heterocycles. The topological polar surface area (TPSA) is 59.4 Å². The van der Waals surface area contributed by atoms with Gasteiger partial charge in [0.2, 0.25) is 0 Å². The van der Waals surface area contributed by atoms with Crippen LogP contribution in [0.3, 0.4) is 0 Å². The number of hydrogen-bond acceptors (Lipinski definition) is 6. The summed E-state index contributed by atoms with van der Waals surface area (Å²) in [6.07, 6.45) is 7.32. The number of hydrogen-bond donors (Lipinski definition) is 1. The number of allylic oxidation sites excluding steroid dienone is 1. The Morgan fingerprint density at radius 3 is 2.47 bits per heavy atom. The lowest BCUT2D eigenvalue weighted by Gasteiger charge is -2.14. The van der Waals surface area contributed by atoms with Gasteiger partial charge < -0.3 is 10.1 Å². The van der Waals surface area contributed by atoms with Crippen LogP contribution in [0.15, 0.2) is 93.4 Å². The van der Waals surface area contributed by atoms with Crippen molar-refractivity contribution in [3.8, 4) is 11.5 Å². The van der Waals surface area contributed by atoms with Crippen molar-refractivity contribution in [3.05, 3.63) is 78.6 Å². The fraction of sp³-hybridized carbons (Fsp3) is 0.174. The number of aromatic nitrogens is 2. The molecule has 2 heterocycles. The zero-order chi connectivity index (χ0) is 21.6. The van der Waals surface area contributed by atoms with E-state index in [1.165, 1.54) is 11.8 Å². The van der Waals surface area contributed by atoms with Crippen molar-refractivity contribution in [2.45, 2.75) is 30.6 Å². The molecule has 0 unspecified atom stereocenters. The van der Waals surface area contributed by atoms with Gasteiger partial charge in [-0.25, -0.2) is 4.98 Å². The van der Waals surface area contributed by atoms with Gasteiger partial charge in [0.15, 0.2) is 16.7 Å². The molecule has 0 aliphatic heterocycles. The molecule has 0 aliphatic carbocycles. The molecule has 0 saturated carbocycles. The quantitative estimate of drug-likeness (QED) is 0.327. The first-order chi connectivity index (χ1) is 14.8. The lowest BCUT2D eigenvalue weighted by atomic mass is 10.3. The number of thioether (sulfide) groups is 1. The smallest absolute Gasteiger partial charge is 0.175 e. The highest BCUT2D eigenvalue weighted by Crippen LogP contribution is 2.35. The van der Waals surface area contributed by atoms with Crippen LogP contribution in [-0.4, -0.2) is 22.2 Å². The number of anilines is 1. The van der Waals surface area contributed by atoms with Crippen molar-refractivity contribution >= 4 is 34.5 Å². The number of benzene rings is 1. The maximum absolute atomic E-state index is 6.10. The summed E-state index contributed by atoms with van der Waals surface area (Å²) in [7, 11) is 1.74. The average molecular weight is 439 g/mol. The van der Waals surface area contributed by atoms with Gasteiger partial charge in [0.25, 0.3) is 0 Å². The first-order valence-corrected chi connectivity index (χ1v) is 11.3. The Labute approximate surface area is 187 Å². The highest BCUT2D eigenvalue weighted by molar-refractivity contribution is 8.16. The van der Waals surface area contributed by atoms with Crippen molar-refractivity contribution < 1.29 is 4.74 Å². The highest BCUT2D eigenvalue weighted by atomic mass is 32.2. The maximum Gasteiger partial charge on any atom is 0.175 e. The van der Waals surface area contributed by atoms with Crippen LogP contribution in [0.5, 0.6) is 11.5 Å². The van der Waals surface area contributed by atoms with E-state index >= 15 is 0 Å². The first kappa shape index (κ1) is 23.5. The number of aliphatic imine (C=N–C) groups is 1. The largest absolute Gasteiger partial charge is 0.453 e. The van der Waals surface area contributed by atoms with Gasteiger partial charge in [0.05, 0.1) is 0 Å². The minimum Gasteiger partial charge on any atom is -0.453 e. The number of nitrogens with one attached hydrogen (secondary N) is 1. The second-order valence-corrected chi connectivity index (χ2v) is 7.50. The molecule has 3 aromatic rings. The molecule has 0 bridgehead atoms. The molecule has 0 amide bonds. The van der Waals surface area contributed by atoms with Gasteiger partial charge in [-0.3, -0.25) is 9.98 Å². The minimum atomic E-state index is 0.612. The Bertz CT molecular complexity index is 948. The highest BCUT2D eigenvalue weighted by Gasteiger charge is 2.11. The second kappa shape index (κ2) is 13.5. The van der Waals surface area contributed by atoms with Crippen LogP contribution in [0.25, 0.3) is 0 Å². The fourth-order valence-corrected chi connectivity index (χ4v) is 3.51. The normalized spacial score (nSPS) is 11.0. The van der Waals surface area contributed by atoms with E-state index in [0.717, 1.165) is 20.7 Å².